The monoisotopic (exact) mass is 315 g/mol. The van der Waals surface area contributed by atoms with Crippen LogP contribution in [-0.4, -0.2) is 53.9 Å². The number of piperazine rings is 1. The number of aliphatic hydroxyl groups is 1. The average molecular weight is 315 g/mol. The fraction of sp³-hybridized carbons (Fsp3) is 0.579. The lowest BCUT2D eigenvalue weighted by Crippen LogP contribution is -2.43. The maximum Gasteiger partial charge on any atom is 0.0483 e. The van der Waals surface area contributed by atoms with E-state index in [1.165, 1.54) is 48.1 Å². The fourth-order valence-electron chi connectivity index (χ4n) is 3.54. The number of benzene rings is 1. The number of aryl methyl sites for hydroxylation is 3. The molecule has 2 heterocycles. The Balaban J connectivity index is 1.69. The molecule has 126 valence electrons. The molecule has 4 nitrogen and oxygen atoms in total. The van der Waals surface area contributed by atoms with Crippen LogP contribution in [0.5, 0.6) is 0 Å². The summed E-state index contributed by atoms with van der Waals surface area (Å²) in [5, 5.41) is 13.9. The summed E-state index contributed by atoms with van der Waals surface area (Å²) in [5.74, 6) is 0. The van der Waals surface area contributed by atoms with Gasteiger partial charge in [-0.25, -0.2) is 0 Å². The second kappa shape index (κ2) is 7.95. The Hall–Kier alpha value is -1.36. The number of aliphatic hydroxyl groups excluding tert-OH is 1. The molecule has 0 atom stereocenters. The Morgan fingerprint density at radius 3 is 2.74 bits per heavy atom. The van der Waals surface area contributed by atoms with Crippen molar-refractivity contribution in [3.63, 3.8) is 0 Å². The van der Waals surface area contributed by atoms with Crippen molar-refractivity contribution in [2.24, 2.45) is 0 Å². The van der Waals surface area contributed by atoms with Crippen LogP contribution in [0.2, 0.25) is 0 Å². The van der Waals surface area contributed by atoms with Gasteiger partial charge >= 0.3 is 0 Å². The highest BCUT2D eigenvalue weighted by Crippen LogP contribution is 2.24. The molecule has 0 unspecified atom stereocenters. The molecule has 4 heteroatoms. The molecule has 1 aliphatic heterocycles. The summed E-state index contributed by atoms with van der Waals surface area (Å²) in [6.45, 7) is 9.11. The van der Waals surface area contributed by atoms with Crippen LogP contribution in [0.1, 0.15) is 24.0 Å². The van der Waals surface area contributed by atoms with E-state index < -0.39 is 0 Å². The summed E-state index contributed by atoms with van der Waals surface area (Å²) >= 11 is 0. The van der Waals surface area contributed by atoms with Gasteiger partial charge in [0, 0.05) is 56.4 Å². The van der Waals surface area contributed by atoms with E-state index in [0.29, 0.717) is 0 Å². The highest BCUT2D eigenvalue weighted by atomic mass is 16.3. The third kappa shape index (κ3) is 4.14. The highest BCUT2D eigenvalue weighted by molar-refractivity contribution is 5.84. The van der Waals surface area contributed by atoms with Crippen LogP contribution in [0.4, 0.5) is 0 Å². The number of hydrogen-bond acceptors (Lipinski definition) is 3. The van der Waals surface area contributed by atoms with Crippen molar-refractivity contribution in [1.29, 1.82) is 0 Å². The molecule has 1 saturated heterocycles. The lowest BCUT2D eigenvalue weighted by molar-refractivity contribution is 0.238. The Morgan fingerprint density at radius 1 is 1.13 bits per heavy atom. The van der Waals surface area contributed by atoms with Gasteiger partial charge in [-0.2, -0.15) is 0 Å². The molecule has 1 aromatic heterocycles. The Kier molecular flexibility index (Phi) is 5.70. The topological polar surface area (TPSA) is 40.4 Å². The standard InChI is InChI=1S/C19H29N3O/c1-16-5-6-19-18(14-16)17(15-22(19)10-3-13-23)4-2-9-21-11-7-20-8-12-21/h5-6,14-15,20,23H,2-4,7-13H2,1H3. The van der Waals surface area contributed by atoms with Gasteiger partial charge < -0.3 is 19.9 Å². The molecule has 23 heavy (non-hydrogen) atoms. The van der Waals surface area contributed by atoms with Gasteiger partial charge in [0.1, 0.15) is 0 Å². The molecule has 1 aromatic carbocycles. The number of fused-ring (bicyclic) bond motifs is 1. The van der Waals surface area contributed by atoms with Crippen molar-refractivity contribution in [3.8, 4) is 0 Å². The number of aromatic nitrogens is 1. The Bertz CT molecular complexity index is 629. The van der Waals surface area contributed by atoms with Crippen molar-refractivity contribution in [2.45, 2.75) is 32.7 Å². The lowest BCUT2D eigenvalue weighted by atomic mass is 10.1. The van der Waals surface area contributed by atoms with Crippen LogP contribution < -0.4 is 5.32 Å². The third-order valence-electron chi connectivity index (χ3n) is 4.81. The first kappa shape index (κ1) is 16.5. The van der Waals surface area contributed by atoms with Gasteiger partial charge in [0.25, 0.3) is 0 Å². The number of hydrogen-bond donors (Lipinski definition) is 2. The SMILES string of the molecule is Cc1ccc2c(c1)c(CCCN1CCNCC1)cn2CCCO. The molecule has 2 aromatic rings. The summed E-state index contributed by atoms with van der Waals surface area (Å²) in [6.07, 6.45) is 5.47. The molecule has 0 bridgehead atoms. The molecule has 2 N–H and O–H groups in total. The molecular formula is C19H29N3O. The number of nitrogens with zero attached hydrogens (tertiary/aromatic N) is 2. The Labute approximate surface area is 139 Å². The van der Waals surface area contributed by atoms with Gasteiger partial charge in [-0.05, 0) is 50.4 Å². The smallest absolute Gasteiger partial charge is 0.0483 e. The summed E-state index contributed by atoms with van der Waals surface area (Å²) in [4.78, 5) is 2.56. The van der Waals surface area contributed by atoms with Crippen LogP contribution in [0, 0.1) is 6.92 Å². The van der Waals surface area contributed by atoms with E-state index in [2.05, 4.69) is 46.1 Å². The maximum atomic E-state index is 9.11. The molecular weight excluding hydrogens is 286 g/mol. The average Bonchev–Trinajstić information content (AvgIpc) is 2.91. The lowest BCUT2D eigenvalue weighted by Gasteiger charge is -2.26. The van der Waals surface area contributed by atoms with Gasteiger partial charge in [0.05, 0.1) is 0 Å². The predicted molar refractivity (Wildman–Crippen MR) is 96.0 cm³/mol. The van der Waals surface area contributed by atoms with Crippen LogP contribution in [-0.2, 0) is 13.0 Å². The van der Waals surface area contributed by atoms with Crippen LogP contribution in [0.25, 0.3) is 10.9 Å². The van der Waals surface area contributed by atoms with E-state index >= 15 is 0 Å². The predicted octanol–water partition coefficient (Wildman–Crippen LogP) is 2.17. The van der Waals surface area contributed by atoms with Gasteiger partial charge in [0.2, 0.25) is 0 Å². The van der Waals surface area contributed by atoms with Crippen LogP contribution in [0.15, 0.2) is 24.4 Å². The van der Waals surface area contributed by atoms with Crippen LogP contribution in [0.3, 0.4) is 0 Å². The quantitative estimate of drug-likeness (QED) is 0.823. The van der Waals surface area contributed by atoms with E-state index in [1.807, 2.05) is 0 Å². The van der Waals surface area contributed by atoms with Crippen molar-refractivity contribution in [3.05, 3.63) is 35.5 Å². The molecule has 3 rings (SSSR count). The first-order valence-corrected chi connectivity index (χ1v) is 8.90. The van der Waals surface area contributed by atoms with E-state index in [9.17, 15) is 0 Å². The van der Waals surface area contributed by atoms with E-state index in [0.717, 1.165) is 32.5 Å². The van der Waals surface area contributed by atoms with Crippen molar-refractivity contribution in [2.75, 3.05) is 39.3 Å². The summed E-state index contributed by atoms with van der Waals surface area (Å²) in [5.41, 5.74) is 4.08. The molecule has 1 aliphatic rings. The zero-order valence-corrected chi connectivity index (χ0v) is 14.2. The maximum absolute atomic E-state index is 9.11. The number of nitrogens with one attached hydrogen (secondary N) is 1. The minimum atomic E-state index is 0.254. The largest absolute Gasteiger partial charge is 0.396 e. The normalized spacial score (nSPS) is 16.3. The molecule has 0 spiro atoms. The van der Waals surface area contributed by atoms with Gasteiger partial charge in [-0.1, -0.05) is 11.6 Å². The van der Waals surface area contributed by atoms with Gasteiger partial charge in [-0.15, -0.1) is 0 Å². The summed E-state index contributed by atoms with van der Waals surface area (Å²) in [7, 11) is 0. The highest BCUT2D eigenvalue weighted by Gasteiger charge is 2.11. The molecule has 1 fully saturated rings. The van der Waals surface area contributed by atoms with Crippen molar-refractivity contribution in [1.82, 2.24) is 14.8 Å². The zero-order valence-electron chi connectivity index (χ0n) is 14.2. The zero-order chi connectivity index (χ0) is 16.1. The van der Waals surface area contributed by atoms with Crippen LogP contribution >= 0.6 is 0 Å². The third-order valence-corrected chi connectivity index (χ3v) is 4.81. The number of rotatable bonds is 7. The molecule has 0 saturated carbocycles. The molecule has 0 radical (unpaired) electrons. The van der Waals surface area contributed by atoms with Crippen molar-refractivity contribution >= 4 is 10.9 Å². The fourth-order valence-corrected chi connectivity index (χ4v) is 3.54. The minimum Gasteiger partial charge on any atom is -0.396 e. The Morgan fingerprint density at radius 2 is 1.96 bits per heavy atom. The van der Waals surface area contributed by atoms with Gasteiger partial charge in [0.15, 0.2) is 0 Å². The first-order valence-electron chi connectivity index (χ1n) is 8.90. The van der Waals surface area contributed by atoms with E-state index in [-0.39, 0.29) is 6.61 Å². The molecule has 0 amide bonds. The first-order chi connectivity index (χ1) is 11.3. The summed E-state index contributed by atoms with van der Waals surface area (Å²) < 4.78 is 2.31. The van der Waals surface area contributed by atoms with E-state index in [4.69, 9.17) is 5.11 Å². The second-order valence-electron chi connectivity index (χ2n) is 6.64. The van der Waals surface area contributed by atoms with Gasteiger partial charge in [-0.3, -0.25) is 0 Å². The van der Waals surface area contributed by atoms with E-state index in [1.54, 1.807) is 0 Å². The summed E-state index contributed by atoms with van der Waals surface area (Å²) in [6, 6.07) is 6.72. The van der Waals surface area contributed by atoms with Crippen molar-refractivity contribution < 1.29 is 5.11 Å². The second-order valence-corrected chi connectivity index (χ2v) is 6.64. The molecule has 0 aliphatic carbocycles. The minimum absolute atomic E-state index is 0.254.